The van der Waals surface area contributed by atoms with E-state index in [4.69, 9.17) is 0 Å². The zero-order valence-electron chi connectivity index (χ0n) is 9.64. The summed E-state index contributed by atoms with van der Waals surface area (Å²) in [5.41, 5.74) is 0.677. The maximum atomic E-state index is 11.0. The van der Waals surface area contributed by atoms with Gasteiger partial charge in [-0.05, 0) is 25.1 Å². The van der Waals surface area contributed by atoms with E-state index in [2.05, 4.69) is 4.98 Å². The van der Waals surface area contributed by atoms with Crippen LogP contribution in [0.5, 0.6) is 0 Å². The van der Waals surface area contributed by atoms with E-state index >= 15 is 0 Å². The van der Waals surface area contributed by atoms with Crippen LogP contribution < -0.4 is 10.6 Å². The number of nitrogens with one attached hydrogen (secondary N) is 1. The number of rotatable bonds is 1. The number of carbonyl (C=O) groups excluding carboxylic acids is 1. The molecule has 0 aliphatic carbocycles. The Kier molecular flexibility index (Phi) is 5.61. The van der Waals surface area contributed by atoms with Gasteiger partial charge >= 0.3 is 0 Å². The second-order valence-corrected chi connectivity index (χ2v) is 2.69. The minimum atomic E-state index is 0.0752. The molecule has 0 atom stereocenters. The molecule has 0 aliphatic heterocycles. The van der Waals surface area contributed by atoms with Crippen molar-refractivity contribution in [3.05, 3.63) is 22.3 Å². The maximum absolute atomic E-state index is 11.0. The molecule has 1 aromatic heterocycles. The SMILES string of the molecule is C/C=c1/cc(C(C)=O)[nH]/c1=C/C.CC. The van der Waals surface area contributed by atoms with Crippen molar-refractivity contribution >= 4 is 17.9 Å². The van der Waals surface area contributed by atoms with E-state index in [1.807, 2.05) is 45.9 Å². The Morgan fingerprint density at radius 1 is 1.29 bits per heavy atom. The topological polar surface area (TPSA) is 32.9 Å². The molecular weight excluding hydrogens is 174 g/mol. The third-order valence-corrected chi connectivity index (χ3v) is 1.86. The molecule has 0 bridgehead atoms. The van der Waals surface area contributed by atoms with Crippen LogP contribution in [0.25, 0.3) is 12.2 Å². The fourth-order valence-corrected chi connectivity index (χ4v) is 1.15. The van der Waals surface area contributed by atoms with Crippen LogP contribution >= 0.6 is 0 Å². The Bertz CT molecular complexity index is 367. The fourth-order valence-electron chi connectivity index (χ4n) is 1.15. The molecule has 0 aliphatic rings. The number of hydrogen-bond donors (Lipinski definition) is 1. The number of hydrogen-bond acceptors (Lipinski definition) is 1. The molecule has 0 spiro atoms. The molecule has 0 radical (unpaired) electrons. The van der Waals surface area contributed by atoms with E-state index < -0.39 is 0 Å². The molecule has 0 amide bonds. The van der Waals surface area contributed by atoms with Gasteiger partial charge in [0.25, 0.3) is 0 Å². The molecule has 0 saturated carbocycles. The van der Waals surface area contributed by atoms with Crippen molar-refractivity contribution in [2.75, 3.05) is 0 Å². The average molecular weight is 193 g/mol. The lowest BCUT2D eigenvalue weighted by Gasteiger charge is -1.83. The van der Waals surface area contributed by atoms with E-state index in [9.17, 15) is 4.79 Å². The van der Waals surface area contributed by atoms with E-state index in [1.54, 1.807) is 6.92 Å². The third-order valence-electron chi connectivity index (χ3n) is 1.86. The minimum absolute atomic E-state index is 0.0752. The largest absolute Gasteiger partial charge is 0.352 e. The van der Waals surface area contributed by atoms with Crippen LogP contribution in [0.2, 0.25) is 0 Å². The number of H-pyrrole nitrogens is 1. The van der Waals surface area contributed by atoms with Gasteiger partial charge in [-0.15, -0.1) is 0 Å². The Balaban J connectivity index is 0.000000791. The lowest BCUT2D eigenvalue weighted by molar-refractivity contribution is 0.101. The number of carbonyl (C=O) groups is 1. The highest BCUT2D eigenvalue weighted by Gasteiger charge is 1.99. The van der Waals surface area contributed by atoms with Gasteiger partial charge in [0.05, 0.1) is 5.69 Å². The lowest BCUT2D eigenvalue weighted by atomic mass is 10.3. The van der Waals surface area contributed by atoms with Crippen LogP contribution in [0.15, 0.2) is 6.07 Å². The molecule has 0 fully saturated rings. The molecule has 0 saturated heterocycles. The van der Waals surface area contributed by atoms with Gasteiger partial charge in [0, 0.05) is 12.3 Å². The zero-order valence-corrected chi connectivity index (χ0v) is 9.64. The van der Waals surface area contributed by atoms with Crippen molar-refractivity contribution in [2.24, 2.45) is 0 Å². The number of aromatic nitrogens is 1. The zero-order chi connectivity index (χ0) is 11.1. The van der Waals surface area contributed by atoms with Gasteiger partial charge in [-0.1, -0.05) is 26.0 Å². The van der Waals surface area contributed by atoms with Crippen molar-refractivity contribution in [3.8, 4) is 0 Å². The summed E-state index contributed by atoms with van der Waals surface area (Å²) in [7, 11) is 0. The average Bonchev–Trinajstić information content (AvgIpc) is 2.63. The summed E-state index contributed by atoms with van der Waals surface area (Å²) in [5, 5.41) is 2.10. The van der Waals surface area contributed by atoms with E-state index in [0.717, 1.165) is 10.6 Å². The fraction of sp³-hybridized carbons (Fsp3) is 0.417. The van der Waals surface area contributed by atoms with Crippen LogP contribution in [0.1, 0.15) is 45.1 Å². The maximum Gasteiger partial charge on any atom is 0.175 e. The van der Waals surface area contributed by atoms with Gasteiger partial charge in [-0.25, -0.2) is 0 Å². The summed E-state index contributed by atoms with van der Waals surface area (Å²) in [6.07, 6.45) is 3.94. The molecular formula is C12H19NO. The summed E-state index contributed by atoms with van der Waals surface area (Å²) in [6, 6.07) is 1.87. The number of aromatic amines is 1. The lowest BCUT2D eigenvalue weighted by Crippen LogP contribution is -2.20. The summed E-state index contributed by atoms with van der Waals surface area (Å²) in [6.45, 7) is 9.47. The molecule has 1 aromatic rings. The Hall–Kier alpha value is -1.31. The summed E-state index contributed by atoms with van der Waals surface area (Å²) >= 11 is 0. The van der Waals surface area contributed by atoms with Crippen molar-refractivity contribution in [3.63, 3.8) is 0 Å². The second kappa shape index (κ2) is 6.19. The molecule has 78 valence electrons. The molecule has 1 rings (SSSR count). The third kappa shape index (κ3) is 2.87. The van der Waals surface area contributed by atoms with Crippen molar-refractivity contribution in [1.82, 2.24) is 4.98 Å². The van der Waals surface area contributed by atoms with Crippen LogP contribution in [0.3, 0.4) is 0 Å². The first-order valence-electron chi connectivity index (χ1n) is 5.01. The molecule has 0 aromatic carbocycles. The molecule has 2 heteroatoms. The van der Waals surface area contributed by atoms with E-state index in [0.29, 0.717) is 5.69 Å². The smallest absolute Gasteiger partial charge is 0.175 e. The van der Waals surface area contributed by atoms with E-state index in [1.165, 1.54) is 0 Å². The van der Waals surface area contributed by atoms with Crippen molar-refractivity contribution in [2.45, 2.75) is 34.6 Å². The monoisotopic (exact) mass is 193 g/mol. The Morgan fingerprint density at radius 3 is 2.14 bits per heavy atom. The molecule has 14 heavy (non-hydrogen) atoms. The van der Waals surface area contributed by atoms with Gasteiger partial charge in [-0.3, -0.25) is 4.79 Å². The van der Waals surface area contributed by atoms with Crippen LogP contribution in [-0.2, 0) is 0 Å². The van der Waals surface area contributed by atoms with Crippen molar-refractivity contribution < 1.29 is 4.79 Å². The first-order chi connectivity index (χ1) is 6.69. The van der Waals surface area contributed by atoms with Gasteiger partial charge in [0.1, 0.15) is 0 Å². The van der Waals surface area contributed by atoms with Gasteiger partial charge in [0.2, 0.25) is 0 Å². The standard InChI is InChI=1S/C10H13NO.C2H6/c1-4-8-6-10(7(3)12)11-9(8)5-2;1-2/h4-6,11H,1-3H3;1-2H3/b8-4-,9-5+;. The van der Waals surface area contributed by atoms with Crippen LogP contribution in [0.4, 0.5) is 0 Å². The number of Topliss-reactive ketones (excluding diaryl/α,β-unsaturated/α-hetero) is 1. The highest BCUT2D eigenvalue weighted by molar-refractivity contribution is 5.92. The second-order valence-electron chi connectivity index (χ2n) is 2.69. The normalized spacial score (nSPS) is 12.4. The first-order valence-corrected chi connectivity index (χ1v) is 5.01. The quantitative estimate of drug-likeness (QED) is 0.678. The van der Waals surface area contributed by atoms with E-state index in [-0.39, 0.29) is 5.78 Å². The van der Waals surface area contributed by atoms with Crippen LogP contribution in [-0.4, -0.2) is 10.8 Å². The Labute approximate surface area is 85.3 Å². The van der Waals surface area contributed by atoms with Crippen molar-refractivity contribution in [1.29, 1.82) is 0 Å². The summed E-state index contributed by atoms with van der Waals surface area (Å²) in [4.78, 5) is 14.0. The number of ketones is 1. The van der Waals surface area contributed by atoms with Gasteiger partial charge in [0.15, 0.2) is 5.78 Å². The Morgan fingerprint density at radius 2 is 1.86 bits per heavy atom. The highest BCUT2D eigenvalue weighted by atomic mass is 16.1. The highest BCUT2D eigenvalue weighted by Crippen LogP contribution is 1.87. The van der Waals surface area contributed by atoms with Gasteiger partial charge < -0.3 is 4.98 Å². The summed E-state index contributed by atoms with van der Waals surface area (Å²) < 4.78 is 0. The first kappa shape index (κ1) is 12.7. The minimum Gasteiger partial charge on any atom is -0.352 e. The summed E-state index contributed by atoms with van der Waals surface area (Å²) in [5.74, 6) is 0.0752. The molecule has 0 unspecified atom stereocenters. The molecule has 1 heterocycles. The predicted molar refractivity (Wildman–Crippen MR) is 61.7 cm³/mol. The predicted octanol–water partition coefficient (Wildman–Crippen LogP) is 1.84. The van der Waals surface area contributed by atoms with Gasteiger partial charge in [-0.2, -0.15) is 0 Å². The molecule has 2 nitrogen and oxygen atoms in total. The van der Waals surface area contributed by atoms with Crippen LogP contribution in [0, 0.1) is 0 Å². The molecule has 1 N–H and O–H groups in total.